The number of carbonyl (C=O) groups is 2. The number of benzene rings is 2. The van der Waals surface area contributed by atoms with Crippen molar-refractivity contribution in [1.82, 2.24) is 25.5 Å². The van der Waals surface area contributed by atoms with Gasteiger partial charge in [-0.1, -0.05) is 30.3 Å². The molecule has 1 unspecified atom stereocenters. The fraction of sp³-hybridized carbons (Fsp3) is 0.379. The number of carbonyl (C=O) groups excluding carboxylic acids is 2. The molecule has 2 aromatic carbocycles. The Morgan fingerprint density at radius 2 is 1.82 bits per heavy atom. The summed E-state index contributed by atoms with van der Waals surface area (Å²) < 4.78 is 46.0. The van der Waals surface area contributed by atoms with E-state index in [1.165, 1.54) is 19.2 Å². The van der Waals surface area contributed by atoms with Crippen LogP contribution in [0.15, 0.2) is 48.5 Å². The number of rotatable bonds is 8. The SMILES string of the molecule is CNC(=O)c1cc(OC2CCNC2=O)nc(-c2ccc(Cc3ccc(C(F)(F)F)cc3CN3CCCC3)cc2)n1. The zero-order valence-corrected chi connectivity index (χ0v) is 22.1. The van der Waals surface area contributed by atoms with Crippen molar-refractivity contribution in [3.8, 4) is 17.3 Å². The highest BCUT2D eigenvalue weighted by Gasteiger charge is 2.31. The summed E-state index contributed by atoms with van der Waals surface area (Å²) in [5, 5.41) is 5.23. The maximum absolute atomic E-state index is 13.4. The number of ether oxygens (including phenoxy) is 1. The normalized spacial score (nSPS) is 17.6. The fourth-order valence-electron chi connectivity index (χ4n) is 4.98. The van der Waals surface area contributed by atoms with Gasteiger partial charge in [0.2, 0.25) is 5.88 Å². The molecular formula is C29H30F3N5O3. The summed E-state index contributed by atoms with van der Waals surface area (Å²) >= 11 is 0. The monoisotopic (exact) mass is 553 g/mol. The molecule has 40 heavy (non-hydrogen) atoms. The van der Waals surface area contributed by atoms with Crippen molar-refractivity contribution in [2.45, 2.75) is 44.5 Å². The van der Waals surface area contributed by atoms with Crippen LogP contribution in [0.3, 0.4) is 0 Å². The molecule has 2 saturated heterocycles. The molecule has 8 nitrogen and oxygen atoms in total. The highest BCUT2D eigenvalue weighted by Crippen LogP contribution is 2.32. The molecule has 2 N–H and O–H groups in total. The number of hydrogen-bond acceptors (Lipinski definition) is 6. The van der Waals surface area contributed by atoms with E-state index in [1.807, 2.05) is 12.1 Å². The molecule has 1 aromatic heterocycles. The standard InChI is InChI=1S/C29H30F3N5O3/c1-33-27(38)23-16-25(40-24-10-11-34-28(24)39)36-26(35-23)19-6-4-18(5-7-19)14-20-8-9-22(29(30,31)32)15-21(20)17-37-12-2-3-13-37/h4-9,15-16,24H,2-3,10-14,17H2,1H3,(H,33,38)(H,34,39). The quantitative estimate of drug-likeness (QED) is 0.438. The van der Waals surface area contributed by atoms with E-state index < -0.39 is 23.8 Å². The van der Waals surface area contributed by atoms with Gasteiger partial charge in [-0.25, -0.2) is 4.98 Å². The van der Waals surface area contributed by atoms with Crippen molar-refractivity contribution in [2.24, 2.45) is 0 Å². The second-order valence-electron chi connectivity index (χ2n) is 10.0. The molecule has 1 atom stereocenters. The van der Waals surface area contributed by atoms with Crippen molar-refractivity contribution < 1.29 is 27.5 Å². The molecule has 2 aliphatic heterocycles. The van der Waals surface area contributed by atoms with Gasteiger partial charge in [0.25, 0.3) is 11.8 Å². The van der Waals surface area contributed by atoms with E-state index in [4.69, 9.17) is 4.74 Å². The van der Waals surface area contributed by atoms with Crippen molar-refractivity contribution in [3.63, 3.8) is 0 Å². The van der Waals surface area contributed by atoms with Gasteiger partial charge in [0.05, 0.1) is 5.56 Å². The molecule has 2 fully saturated rings. The zero-order valence-electron chi connectivity index (χ0n) is 22.1. The van der Waals surface area contributed by atoms with Gasteiger partial charge in [0, 0.05) is 38.2 Å². The van der Waals surface area contributed by atoms with Gasteiger partial charge in [-0.05, 0) is 61.2 Å². The first-order valence-electron chi connectivity index (χ1n) is 13.3. The molecule has 2 amide bonds. The lowest BCUT2D eigenvalue weighted by Gasteiger charge is -2.19. The van der Waals surface area contributed by atoms with E-state index in [-0.39, 0.29) is 23.3 Å². The second-order valence-corrected chi connectivity index (χ2v) is 10.0. The first-order valence-corrected chi connectivity index (χ1v) is 13.3. The van der Waals surface area contributed by atoms with Gasteiger partial charge < -0.3 is 15.4 Å². The minimum Gasteiger partial charge on any atom is -0.464 e. The third-order valence-corrected chi connectivity index (χ3v) is 7.16. The third kappa shape index (κ3) is 6.41. The summed E-state index contributed by atoms with van der Waals surface area (Å²) in [5.41, 5.74) is 2.52. The minimum atomic E-state index is -4.40. The van der Waals surface area contributed by atoms with Crippen LogP contribution in [0.5, 0.6) is 5.88 Å². The summed E-state index contributed by atoms with van der Waals surface area (Å²) in [4.78, 5) is 35.3. The van der Waals surface area contributed by atoms with Crippen LogP contribution < -0.4 is 15.4 Å². The number of nitrogens with one attached hydrogen (secondary N) is 2. The molecule has 0 radical (unpaired) electrons. The lowest BCUT2D eigenvalue weighted by molar-refractivity contribution is -0.137. The molecule has 11 heteroatoms. The number of amides is 2. The van der Waals surface area contributed by atoms with Crippen LogP contribution in [-0.4, -0.2) is 59.5 Å². The zero-order chi connectivity index (χ0) is 28.3. The van der Waals surface area contributed by atoms with Gasteiger partial charge in [-0.3, -0.25) is 14.5 Å². The van der Waals surface area contributed by atoms with Gasteiger partial charge in [0.1, 0.15) is 5.69 Å². The first kappa shape index (κ1) is 27.6. The van der Waals surface area contributed by atoms with Gasteiger partial charge in [-0.2, -0.15) is 18.2 Å². The van der Waals surface area contributed by atoms with Crippen molar-refractivity contribution >= 4 is 11.8 Å². The molecule has 3 aromatic rings. The van der Waals surface area contributed by atoms with Crippen LogP contribution in [0.4, 0.5) is 13.2 Å². The van der Waals surface area contributed by atoms with Gasteiger partial charge in [0.15, 0.2) is 11.9 Å². The molecule has 0 spiro atoms. The number of nitrogens with zero attached hydrogens (tertiary/aromatic N) is 3. The largest absolute Gasteiger partial charge is 0.464 e. The van der Waals surface area contributed by atoms with Gasteiger partial charge >= 0.3 is 6.18 Å². The summed E-state index contributed by atoms with van der Waals surface area (Å²) in [5.74, 6) is -0.288. The molecule has 0 saturated carbocycles. The van der Waals surface area contributed by atoms with Gasteiger partial charge in [-0.15, -0.1) is 0 Å². The minimum absolute atomic E-state index is 0.0984. The predicted molar refractivity (Wildman–Crippen MR) is 142 cm³/mol. The lowest BCUT2D eigenvalue weighted by atomic mass is 9.96. The molecule has 2 aliphatic rings. The summed E-state index contributed by atoms with van der Waals surface area (Å²) in [7, 11) is 1.49. The Morgan fingerprint density at radius 1 is 1.07 bits per heavy atom. The van der Waals surface area contributed by atoms with E-state index >= 15 is 0 Å². The van der Waals surface area contributed by atoms with E-state index in [0.29, 0.717) is 37.1 Å². The number of halogens is 3. The molecule has 5 rings (SSSR count). The van der Waals surface area contributed by atoms with E-state index in [2.05, 4.69) is 25.5 Å². The maximum atomic E-state index is 13.4. The Labute approximate surface area is 230 Å². The molecule has 210 valence electrons. The van der Waals surface area contributed by atoms with Crippen LogP contribution in [0.1, 0.15) is 52.0 Å². The third-order valence-electron chi connectivity index (χ3n) is 7.16. The van der Waals surface area contributed by atoms with Crippen molar-refractivity contribution in [1.29, 1.82) is 0 Å². The first-order chi connectivity index (χ1) is 19.2. The van der Waals surface area contributed by atoms with E-state index in [1.54, 1.807) is 18.2 Å². The van der Waals surface area contributed by atoms with Crippen LogP contribution in [-0.2, 0) is 23.9 Å². The molecular weight excluding hydrogens is 523 g/mol. The van der Waals surface area contributed by atoms with Crippen molar-refractivity contribution in [2.75, 3.05) is 26.7 Å². The molecule has 0 aliphatic carbocycles. The average molecular weight is 554 g/mol. The maximum Gasteiger partial charge on any atom is 0.416 e. The predicted octanol–water partition coefficient (Wildman–Crippen LogP) is 3.98. The smallest absolute Gasteiger partial charge is 0.416 e. The van der Waals surface area contributed by atoms with Crippen LogP contribution in [0.2, 0.25) is 0 Å². The average Bonchev–Trinajstić information content (AvgIpc) is 3.60. The van der Waals surface area contributed by atoms with Crippen LogP contribution in [0, 0.1) is 0 Å². The Hall–Kier alpha value is -3.99. The number of likely N-dealkylation sites (tertiary alicyclic amines) is 1. The Balaban J connectivity index is 1.39. The topological polar surface area (TPSA) is 96.5 Å². The van der Waals surface area contributed by atoms with E-state index in [0.717, 1.165) is 43.1 Å². The summed E-state index contributed by atoms with van der Waals surface area (Å²) in [6.07, 6.45) is -2.02. The number of aromatic nitrogens is 2. The van der Waals surface area contributed by atoms with E-state index in [9.17, 15) is 22.8 Å². The molecule has 0 bridgehead atoms. The Kier molecular flexibility index (Phi) is 8.02. The highest BCUT2D eigenvalue weighted by molar-refractivity contribution is 5.92. The molecule has 3 heterocycles. The van der Waals surface area contributed by atoms with Crippen LogP contribution in [0.25, 0.3) is 11.4 Å². The highest BCUT2D eigenvalue weighted by atomic mass is 19.4. The fourth-order valence-corrected chi connectivity index (χ4v) is 4.98. The Morgan fingerprint density at radius 3 is 2.48 bits per heavy atom. The lowest BCUT2D eigenvalue weighted by Crippen LogP contribution is -2.28. The Bertz CT molecular complexity index is 1390. The van der Waals surface area contributed by atoms with Crippen LogP contribution >= 0.6 is 0 Å². The summed E-state index contributed by atoms with van der Waals surface area (Å²) in [6, 6.07) is 12.7. The summed E-state index contributed by atoms with van der Waals surface area (Å²) in [6.45, 7) is 2.76. The number of hydrogen-bond donors (Lipinski definition) is 2. The number of alkyl halides is 3. The second kappa shape index (κ2) is 11.6. The van der Waals surface area contributed by atoms with Crippen molar-refractivity contribution in [3.05, 3.63) is 76.5 Å².